The molecule has 2 heterocycles. The average molecular weight is 218 g/mol. The van der Waals surface area contributed by atoms with Crippen LogP contribution < -0.4 is 10.1 Å². The van der Waals surface area contributed by atoms with Gasteiger partial charge < -0.3 is 10.1 Å². The SMILES string of the molecule is CNC1COc2ncc(C(F)(F)F)cc21. The maximum absolute atomic E-state index is 12.4. The number of fused-ring (bicyclic) bond motifs is 1. The molecule has 0 aliphatic carbocycles. The number of rotatable bonds is 1. The van der Waals surface area contributed by atoms with Gasteiger partial charge in [0.15, 0.2) is 0 Å². The Kier molecular flexibility index (Phi) is 2.30. The molecule has 1 aliphatic heterocycles. The second kappa shape index (κ2) is 3.37. The van der Waals surface area contributed by atoms with Crippen molar-refractivity contribution < 1.29 is 17.9 Å². The van der Waals surface area contributed by atoms with Gasteiger partial charge in [-0.1, -0.05) is 0 Å². The predicted octanol–water partition coefficient (Wildman–Crippen LogP) is 1.75. The molecule has 3 nitrogen and oxygen atoms in total. The van der Waals surface area contributed by atoms with E-state index in [0.29, 0.717) is 12.2 Å². The van der Waals surface area contributed by atoms with Gasteiger partial charge in [-0.05, 0) is 13.1 Å². The van der Waals surface area contributed by atoms with E-state index < -0.39 is 11.7 Å². The van der Waals surface area contributed by atoms with E-state index in [4.69, 9.17) is 4.74 Å². The van der Waals surface area contributed by atoms with Gasteiger partial charge >= 0.3 is 6.18 Å². The number of nitrogens with one attached hydrogen (secondary N) is 1. The summed E-state index contributed by atoms with van der Waals surface area (Å²) in [5.74, 6) is 0.280. The lowest BCUT2D eigenvalue weighted by molar-refractivity contribution is -0.137. The highest BCUT2D eigenvalue weighted by Crippen LogP contribution is 2.35. The molecule has 1 aromatic rings. The van der Waals surface area contributed by atoms with Gasteiger partial charge in [-0.2, -0.15) is 13.2 Å². The smallest absolute Gasteiger partial charge is 0.417 e. The highest BCUT2D eigenvalue weighted by molar-refractivity contribution is 5.36. The Morgan fingerprint density at radius 3 is 2.87 bits per heavy atom. The van der Waals surface area contributed by atoms with Gasteiger partial charge in [0.25, 0.3) is 0 Å². The third kappa shape index (κ3) is 1.77. The maximum atomic E-state index is 12.4. The molecule has 0 amide bonds. The molecule has 0 bridgehead atoms. The number of nitrogens with zero attached hydrogens (tertiary/aromatic N) is 1. The molecule has 0 aromatic carbocycles. The molecule has 1 aliphatic rings. The van der Waals surface area contributed by atoms with Crippen LogP contribution >= 0.6 is 0 Å². The minimum atomic E-state index is -4.36. The average Bonchev–Trinajstić information content (AvgIpc) is 2.57. The fourth-order valence-electron chi connectivity index (χ4n) is 1.49. The van der Waals surface area contributed by atoms with E-state index in [9.17, 15) is 13.2 Å². The number of alkyl halides is 3. The van der Waals surface area contributed by atoms with Gasteiger partial charge in [-0.25, -0.2) is 4.98 Å². The molecule has 2 rings (SSSR count). The quantitative estimate of drug-likeness (QED) is 0.779. The summed E-state index contributed by atoms with van der Waals surface area (Å²) in [7, 11) is 1.67. The fraction of sp³-hybridized carbons (Fsp3) is 0.444. The Morgan fingerprint density at radius 2 is 2.27 bits per heavy atom. The zero-order chi connectivity index (χ0) is 11.1. The number of pyridine rings is 1. The van der Waals surface area contributed by atoms with E-state index >= 15 is 0 Å². The highest BCUT2D eigenvalue weighted by atomic mass is 19.4. The molecule has 15 heavy (non-hydrogen) atoms. The van der Waals surface area contributed by atoms with Gasteiger partial charge in [-0.3, -0.25) is 0 Å². The van der Waals surface area contributed by atoms with Crippen molar-refractivity contribution in [3.63, 3.8) is 0 Å². The first kappa shape index (κ1) is 10.2. The van der Waals surface area contributed by atoms with Crippen LogP contribution in [0.3, 0.4) is 0 Å². The van der Waals surface area contributed by atoms with E-state index in [2.05, 4.69) is 10.3 Å². The fourth-order valence-corrected chi connectivity index (χ4v) is 1.49. The summed E-state index contributed by atoms with van der Waals surface area (Å²) in [5.41, 5.74) is -0.278. The third-order valence-corrected chi connectivity index (χ3v) is 2.32. The Hall–Kier alpha value is -1.30. The van der Waals surface area contributed by atoms with Crippen molar-refractivity contribution >= 4 is 0 Å². The minimum absolute atomic E-state index is 0.213. The van der Waals surface area contributed by atoms with Crippen molar-refractivity contribution in [2.45, 2.75) is 12.2 Å². The van der Waals surface area contributed by atoms with Gasteiger partial charge in [0.1, 0.15) is 6.61 Å². The largest absolute Gasteiger partial charge is 0.475 e. The first-order valence-electron chi connectivity index (χ1n) is 4.39. The van der Waals surface area contributed by atoms with E-state index in [1.807, 2.05) is 0 Å². The van der Waals surface area contributed by atoms with Crippen LogP contribution in [0.4, 0.5) is 13.2 Å². The standard InChI is InChI=1S/C9H9F3N2O/c1-13-7-4-15-8-6(7)2-5(3-14-8)9(10,11)12/h2-3,7,13H,4H2,1H3. The topological polar surface area (TPSA) is 34.1 Å². The van der Waals surface area contributed by atoms with Crippen molar-refractivity contribution in [1.29, 1.82) is 0 Å². The van der Waals surface area contributed by atoms with Crippen molar-refractivity contribution in [3.05, 3.63) is 23.4 Å². The second-order valence-electron chi connectivity index (χ2n) is 3.27. The zero-order valence-corrected chi connectivity index (χ0v) is 7.93. The summed E-state index contributed by atoms with van der Waals surface area (Å²) in [5, 5.41) is 2.87. The van der Waals surface area contributed by atoms with Crippen LogP contribution in [0.15, 0.2) is 12.3 Å². The maximum Gasteiger partial charge on any atom is 0.417 e. The lowest BCUT2D eigenvalue weighted by Gasteiger charge is -2.09. The molecule has 1 N–H and O–H groups in total. The number of hydrogen-bond acceptors (Lipinski definition) is 3. The van der Waals surface area contributed by atoms with E-state index in [1.54, 1.807) is 7.05 Å². The Balaban J connectivity index is 2.41. The number of halogens is 3. The van der Waals surface area contributed by atoms with Crippen molar-refractivity contribution in [3.8, 4) is 5.88 Å². The second-order valence-corrected chi connectivity index (χ2v) is 3.27. The normalized spacial score (nSPS) is 19.9. The van der Waals surface area contributed by atoms with Gasteiger partial charge in [0.2, 0.25) is 5.88 Å². The van der Waals surface area contributed by atoms with Crippen LogP contribution in [0, 0.1) is 0 Å². The van der Waals surface area contributed by atoms with Crippen LogP contribution in [0.2, 0.25) is 0 Å². The first-order valence-corrected chi connectivity index (χ1v) is 4.39. The summed E-state index contributed by atoms with van der Waals surface area (Å²) in [6.07, 6.45) is -3.57. The van der Waals surface area contributed by atoms with Crippen LogP contribution in [0.25, 0.3) is 0 Å². The number of hydrogen-bond donors (Lipinski definition) is 1. The lowest BCUT2D eigenvalue weighted by Crippen LogP contribution is -2.17. The minimum Gasteiger partial charge on any atom is -0.475 e. The summed E-state index contributed by atoms with van der Waals surface area (Å²) < 4.78 is 42.3. The van der Waals surface area contributed by atoms with E-state index in [0.717, 1.165) is 12.3 Å². The molecule has 0 spiro atoms. The molecule has 0 radical (unpaired) electrons. The summed E-state index contributed by atoms with van der Waals surface area (Å²) in [4.78, 5) is 3.64. The Labute approximate surface area is 84.3 Å². The molecular formula is C9H9F3N2O. The number of ether oxygens (including phenoxy) is 1. The van der Waals surface area contributed by atoms with Gasteiger partial charge in [-0.15, -0.1) is 0 Å². The van der Waals surface area contributed by atoms with Gasteiger partial charge in [0.05, 0.1) is 11.6 Å². The zero-order valence-electron chi connectivity index (χ0n) is 7.93. The highest BCUT2D eigenvalue weighted by Gasteiger charge is 2.34. The Bertz CT molecular complexity index is 378. The van der Waals surface area contributed by atoms with Gasteiger partial charge in [0, 0.05) is 11.8 Å². The molecule has 6 heteroatoms. The van der Waals surface area contributed by atoms with E-state index in [1.165, 1.54) is 0 Å². The van der Waals surface area contributed by atoms with Crippen LogP contribution in [0.1, 0.15) is 17.2 Å². The molecular weight excluding hydrogens is 209 g/mol. The Morgan fingerprint density at radius 1 is 1.53 bits per heavy atom. The molecule has 0 fully saturated rings. The summed E-state index contributed by atoms with van der Waals surface area (Å²) in [6.45, 7) is 0.320. The van der Waals surface area contributed by atoms with Crippen LogP contribution in [-0.4, -0.2) is 18.6 Å². The molecule has 1 atom stereocenters. The van der Waals surface area contributed by atoms with Crippen LogP contribution in [-0.2, 0) is 6.18 Å². The van der Waals surface area contributed by atoms with Crippen LogP contribution in [0.5, 0.6) is 5.88 Å². The third-order valence-electron chi connectivity index (χ3n) is 2.32. The number of likely N-dealkylation sites (N-methyl/N-ethyl adjacent to an activating group) is 1. The van der Waals surface area contributed by atoms with E-state index in [-0.39, 0.29) is 11.9 Å². The monoisotopic (exact) mass is 218 g/mol. The molecule has 0 saturated heterocycles. The predicted molar refractivity (Wildman–Crippen MR) is 46.5 cm³/mol. The molecule has 0 saturated carbocycles. The summed E-state index contributed by atoms with van der Waals surface area (Å²) >= 11 is 0. The first-order chi connectivity index (χ1) is 7.02. The number of aromatic nitrogens is 1. The lowest BCUT2D eigenvalue weighted by atomic mass is 10.1. The van der Waals surface area contributed by atoms with Crippen molar-refractivity contribution in [2.24, 2.45) is 0 Å². The molecule has 82 valence electrons. The molecule has 1 aromatic heterocycles. The summed E-state index contributed by atoms with van der Waals surface area (Å²) in [6, 6.07) is 0.867. The van der Waals surface area contributed by atoms with Crippen molar-refractivity contribution in [2.75, 3.05) is 13.7 Å². The van der Waals surface area contributed by atoms with Crippen molar-refractivity contribution in [1.82, 2.24) is 10.3 Å². The molecule has 1 unspecified atom stereocenters.